The molecule has 1 aliphatic rings. The van der Waals surface area contributed by atoms with Crippen molar-refractivity contribution in [1.29, 1.82) is 5.26 Å². The number of halogens is 1. The summed E-state index contributed by atoms with van der Waals surface area (Å²) in [5, 5.41) is 25.6. The molecule has 0 spiro atoms. The monoisotopic (exact) mass is 375 g/mol. The van der Waals surface area contributed by atoms with Crippen LogP contribution >= 0.6 is 15.9 Å². The van der Waals surface area contributed by atoms with Crippen LogP contribution in [0, 0.1) is 11.3 Å². The Morgan fingerprint density at radius 1 is 1.43 bits per heavy atom. The molecule has 2 aromatic rings. The average Bonchev–Trinajstić information content (AvgIpc) is 3.11. The SMILES string of the molecule is N#CC(=CNc1ccc(N2CCOCC2)c(Br)c1)c1nn[nH]n1. The summed E-state index contributed by atoms with van der Waals surface area (Å²) in [6, 6.07) is 7.99. The molecule has 2 N–H and O–H groups in total. The average molecular weight is 376 g/mol. The van der Waals surface area contributed by atoms with Gasteiger partial charge in [-0.05, 0) is 39.3 Å². The molecule has 0 radical (unpaired) electrons. The van der Waals surface area contributed by atoms with E-state index in [1.165, 1.54) is 0 Å². The van der Waals surface area contributed by atoms with E-state index in [1.807, 2.05) is 24.3 Å². The van der Waals surface area contributed by atoms with Gasteiger partial charge in [0.05, 0.1) is 18.9 Å². The normalized spacial score (nSPS) is 15.3. The van der Waals surface area contributed by atoms with Crippen molar-refractivity contribution in [3.8, 4) is 6.07 Å². The lowest BCUT2D eigenvalue weighted by atomic mass is 10.2. The second-order valence-electron chi connectivity index (χ2n) is 4.82. The second-order valence-corrected chi connectivity index (χ2v) is 5.67. The minimum Gasteiger partial charge on any atom is -0.378 e. The number of nitrogens with one attached hydrogen (secondary N) is 2. The lowest BCUT2D eigenvalue weighted by Gasteiger charge is -2.29. The van der Waals surface area contributed by atoms with Crippen LogP contribution in [0.3, 0.4) is 0 Å². The number of H-pyrrole nitrogens is 1. The Morgan fingerprint density at radius 3 is 2.91 bits per heavy atom. The molecule has 3 rings (SSSR count). The number of hydrogen-bond donors (Lipinski definition) is 2. The van der Waals surface area contributed by atoms with E-state index in [9.17, 15) is 0 Å². The summed E-state index contributed by atoms with van der Waals surface area (Å²) in [4.78, 5) is 2.27. The minimum absolute atomic E-state index is 0.254. The Bertz CT molecular complexity index is 732. The van der Waals surface area contributed by atoms with Crippen molar-refractivity contribution in [1.82, 2.24) is 20.6 Å². The van der Waals surface area contributed by atoms with Crippen molar-refractivity contribution in [2.75, 3.05) is 36.5 Å². The number of nitriles is 1. The van der Waals surface area contributed by atoms with Crippen LogP contribution in [0.1, 0.15) is 5.82 Å². The molecule has 1 aromatic heterocycles. The molecule has 118 valence electrons. The zero-order valence-electron chi connectivity index (χ0n) is 12.2. The first-order valence-corrected chi connectivity index (χ1v) is 7.80. The molecule has 0 atom stereocenters. The lowest BCUT2D eigenvalue weighted by Crippen LogP contribution is -2.36. The Kier molecular flexibility index (Phi) is 4.85. The van der Waals surface area contributed by atoms with Gasteiger partial charge in [0.15, 0.2) is 0 Å². The first-order valence-electron chi connectivity index (χ1n) is 7.01. The van der Waals surface area contributed by atoms with E-state index >= 15 is 0 Å². The maximum Gasteiger partial charge on any atom is 0.216 e. The van der Waals surface area contributed by atoms with E-state index < -0.39 is 0 Å². The number of tetrazole rings is 1. The fourth-order valence-electron chi connectivity index (χ4n) is 2.24. The van der Waals surface area contributed by atoms with Crippen LogP contribution in [0.15, 0.2) is 28.9 Å². The van der Waals surface area contributed by atoms with Crippen LogP contribution in [0.5, 0.6) is 0 Å². The van der Waals surface area contributed by atoms with Crippen LogP contribution in [-0.2, 0) is 4.74 Å². The molecule has 0 unspecified atom stereocenters. The molecule has 9 heteroatoms. The molecule has 8 nitrogen and oxygen atoms in total. The number of aromatic amines is 1. The number of allylic oxidation sites excluding steroid dienone is 1. The number of benzene rings is 1. The highest BCUT2D eigenvalue weighted by Gasteiger charge is 2.14. The largest absolute Gasteiger partial charge is 0.378 e. The van der Waals surface area contributed by atoms with E-state index in [0.717, 1.165) is 42.2 Å². The number of anilines is 2. The van der Waals surface area contributed by atoms with E-state index in [-0.39, 0.29) is 5.82 Å². The molecule has 0 aliphatic carbocycles. The van der Waals surface area contributed by atoms with Crippen molar-refractivity contribution in [2.24, 2.45) is 0 Å². The smallest absolute Gasteiger partial charge is 0.216 e. The van der Waals surface area contributed by atoms with E-state index in [1.54, 1.807) is 6.20 Å². The molecule has 0 amide bonds. The molecule has 1 aromatic carbocycles. The van der Waals surface area contributed by atoms with Crippen molar-refractivity contribution < 1.29 is 4.74 Å². The van der Waals surface area contributed by atoms with Gasteiger partial charge in [-0.1, -0.05) is 0 Å². The fourth-order valence-corrected chi connectivity index (χ4v) is 2.87. The van der Waals surface area contributed by atoms with Gasteiger partial charge in [-0.25, -0.2) is 0 Å². The standard InChI is InChI=1S/C14H14BrN7O/c15-12-7-11(1-2-13(12)22-3-5-23-6-4-22)17-9-10(8-16)14-18-20-21-19-14/h1-2,7,9,17H,3-6H2,(H,18,19,20,21). The molecule has 2 heterocycles. The van der Waals surface area contributed by atoms with Gasteiger partial charge in [0.2, 0.25) is 5.82 Å². The predicted molar refractivity (Wildman–Crippen MR) is 88.6 cm³/mol. The molecular weight excluding hydrogens is 362 g/mol. The van der Waals surface area contributed by atoms with Gasteiger partial charge in [0.25, 0.3) is 0 Å². The summed E-state index contributed by atoms with van der Waals surface area (Å²) in [6.07, 6.45) is 1.56. The van der Waals surface area contributed by atoms with Crippen molar-refractivity contribution in [3.63, 3.8) is 0 Å². The number of hydrogen-bond acceptors (Lipinski definition) is 7. The number of nitrogens with zero attached hydrogens (tertiary/aromatic N) is 5. The van der Waals surface area contributed by atoms with Crippen molar-refractivity contribution >= 4 is 32.9 Å². The van der Waals surface area contributed by atoms with Gasteiger partial charge in [0.1, 0.15) is 11.6 Å². The highest BCUT2D eigenvalue weighted by molar-refractivity contribution is 9.10. The summed E-state index contributed by atoms with van der Waals surface area (Å²) in [5.74, 6) is 0.254. The van der Waals surface area contributed by atoms with Gasteiger partial charge in [0, 0.05) is 29.4 Å². The molecule has 1 aliphatic heterocycles. The fraction of sp³-hybridized carbons (Fsp3) is 0.286. The Hall–Kier alpha value is -2.44. The Labute approximate surface area is 141 Å². The highest BCUT2D eigenvalue weighted by atomic mass is 79.9. The number of ether oxygens (including phenoxy) is 1. The second kappa shape index (κ2) is 7.21. The van der Waals surface area contributed by atoms with E-state index in [2.05, 4.69) is 46.8 Å². The number of aromatic nitrogens is 4. The van der Waals surface area contributed by atoms with Gasteiger partial charge < -0.3 is 15.0 Å². The van der Waals surface area contributed by atoms with Gasteiger partial charge in [-0.3, -0.25) is 0 Å². The molecule has 0 saturated carbocycles. The summed E-state index contributed by atoms with van der Waals surface area (Å²) >= 11 is 3.60. The lowest BCUT2D eigenvalue weighted by molar-refractivity contribution is 0.122. The van der Waals surface area contributed by atoms with Crippen LogP contribution < -0.4 is 10.2 Å². The summed E-state index contributed by atoms with van der Waals surface area (Å²) in [6.45, 7) is 3.24. The quantitative estimate of drug-likeness (QED) is 0.784. The van der Waals surface area contributed by atoms with Crippen LogP contribution in [0.25, 0.3) is 5.57 Å². The maximum absolute atomic E-state index is 9.14. The number of morpholine rings is 1. The molecule has 1 saturated heterocycles. The van der Waals surface area contributed by atoms with Crippen LogP contribution in [-0.4, -0.2) is 46.9 Å². The van der Waals surface area contributed by atoms with Gasteiger partial charge in [-0.2, -0.15) is 10.5 Å². The Balaban J connectivity index is 1.74. The zero-order chi connectivity index (χ0) is 16.1. The van der Waals surface area contributed by atoms with Crippen LogP contribution in [0.2, 0.25) is 0 Å². The third-order valence-electron chi connectivity index (χ3n) is 3.39. The van der Waals surface area contributed by atoms with E-state index in [4.69, 9.17) is 10.00 Å². The molecular formula is C14H14BrN7O. The van der Waals surface area contributed by atoms with Crippen LogP contribution in [0.4, 0.5) is 11.4 Å². The number of rotatable bonds is 4. The van der Waals surface area contributed by atoms with E-state index in [0.29, 0.717) is 5.57 Å². The Morgan fingerprint density at radius 2 is 2.26 bits per heavy atom. The first-order chi connectivity index (χ1) is 11.3. The van der Waals surface area contributed by atoms with Crippen molar-refractivity contribution in [2.45, 2.75) is 0 Å². The highest BCUT2D eigenvalue weighted by Crippen LogP contribution is 2.30. The third kappa shape index (κ3) is 3.67. The third-order valence-corrected chi connectivity index (χ3v) is 4.02. The maximum atomic E-state index is 9.14. The molecule has 0 bridgehead atoms. The minimum atomic E-state index is 0.254. The zero-order valence-corrected chi connectivity index (χ0v) is 13.7. The van der Waals surface area contributed by atoms with Gasteiger partial charge in [-0.15, -0.1) is 10.2 Å². The topological polar surface area (TPSA) is 103 Å². The van der Waals surface area contributed by atoms with Crippen molar-refractivity contribution in [3.05, 3.63) is 34.7 Å². The predicted octanol–water partition coefficient (Wildman–Crippen LogP) is 1.78. The molecule has 1 fully saturated rings. The summed E-state index contributed by atoms with van der Waals surface area (Å²) in [7, 11) is 0. The summed E-state index contributed by atoms with van der Waals surface area (Å²) in [5.41, 5.74) is 2.28. The van der Waals surface area contributed by atoms with Gasteiger partial charge >= 0.3 is 0 Å². The molecule has 23 heavy (non-hydrogen) atoms. The summed E-state index contributed by atoms with van der Waals surface area (Å²) < 4.78 is 6.35. The first kappa shape index (κ1) is 15.5.